The minimum atomic E-state index is 0.374. The van der Waals surface area contributed by atoms with Crippen LogP contribution in [-0.2, 0) is 0 Å². The molecular weight excluding hydrogens is 230 g/mol. The topological polar surface area (TPSA) is 23.8 Å². The molecule has 0 aromatic rings. The van der Waals surface area contributed by atoms with Gasteiger partial charge in [-0.2, -0.15) is 5.26 Å². The van der Waals surface area contributed by atoms with E-state index in [1.165, 1.54) is 64.2 Å². The van der Waals surface area contributed by atoms with E-state index in [1.54, 1.807) is 0 Å². The SMILES string of the molecule is CC(C)CCC1CCC(C2CCC(C#N)CC2)CC1. The van der Waals surface area contributed by atoms with Gasteiger partial charge in [0.25, 0.3) is 0 Å². The molecule has 0 aliphatic heterocycles. The second kappa shape index (κ2) is 7.32. The lowest BCUT2D eigenvalue weighted by molar-refractivity contribution is 0.151. The average Bonchev–Trinajstić information content (AvgIpc) is 2.46. The third-order valence-electron chi connectivity index (χ3n) is 5.66. The first kappa shape index (κ1) is 14.9. The normalized spacial score (nSPS) is 36.1. The van der Waals surface area contributed by atoms with E-state index in [1.807, 2.05) is 0 Å². The molecule has 0 heterocycles. The van der Waals surface area contributed by atoms with Crippen LogP contribution in [0.15, 0.2) is 0 Å². The maximum atomic E-state index is 8.98. The molecule has 108 valence electrons. The largest absolute Gasteiger partial charge is 0.198 e. The Kier molecular flexibility index (Phi) is 5.74. The number of nitrogens with zero attached hydrogens (tertiary/aromatic N) is 1. The van der Waals surface area contributed by atoms with Gasteiger partial charge in [0.1, 0.15) is 0 Å². The van der Waals surface area contributed by atoms with Crippen LogP contribution in [-0.4, -0.2) is 0 Å². The number of nitriles is 1. The van der Waals surface area contributed by atoms with Crippen molar-refractivity contribution in [2.24, 2.45) is 29.6 Å². The molecule has 0 radical (unpaired) electrons. The number of hydrogen-bond donors (Lipinski definition) is 0. The fourth-order valence-corrected chi connectivity index (χ4v) is 4.24. The summed E-state index contributed by atoms with van der Waals surface area (Å²) >= 11 is 0. The Balaban J connectivity index is 1.67. The van der Waals surface area contributed by atoms with Crippen molar-refractivity contribution in [1.29, 1.82) is 5.26 Å². The van der Waals surface area contributed by atoms with Crippen LogP contribution in [0.1, 0.15) is 78.1 Å². The minimum Gasteiger partial charge on any atom is -0.198 e. The molecule has 1 nitrogen and oxygen atoms in total. The van der Waals surface area contributed by atoms with Crippen molar-refractivity contribution in [3.63, 3.8) is 0 Å². The van der Waals surface area contributed by atoms with Crippen LogP contribution >= 0.6 is 0 Å². The highest BCUT2D eigenvalue weighted by molar-refractivity contribution is 4.89. The first-order chi connectivity index (χ1) is 9.19. The maximum absolute atomic E-state index is 8.98. The molecule has 0 unspecified atom stereocenters. The fourth-order valence-electron chi connectivity index (χ4n) is 4.24. The Hall–Kier alpha value is -0.510. The lowest BCUT2D eigenvalue weighted by Crippen LogP contribution is -2.25. The zero-order valence-electron chi connectivity index (χ0n) is 12.9. The van der Waals surface area contributed by atoms with Crippen molar-refractivity contribution < 1.29 is 0 Å². The molecule has 2 aliphatic rings. The van der Waals surface area contributed by atoms with Crippen LogP contribution in [0.4, 0.5) is 0 Å². The molecule has 2 saturated carbocycles. The van der Waals surface area contributed by atoms with Crippen LogP contribution < -0.4 is 0 Å². The minimum absolute atomic E-state index is 0.374. The van der Waals surface area contributed by atoms with E-state index in [0.717, 1.165) is 23.7 Å². The zero-order chi connectivity index (χ0) is 13.7. The van der Waals surface area contributed by atoms with Crippen molar-refractivity contribution in [3.05, 3.63) is 0 Å². The molecule has 0 bridgehead atoms. The van der Waals surface area contributed by atoms with Crippen LogP contribution in [0, 0.1) is 40.9 Å². The molecular formula is C18H31N. The zero-order valence-corrected chi connectivity index (χ0v) is 12.9. The number of rotatable bonds is 4. The molecule has 0 spiro atoms. The van der Waals surface area contributed by atoms with Gasteiger partial charge >= 0.3 is 0 Å². The third kappa shape index (κ3) is 4.51. The second-order valence-electron chi connectivity index (χ2n) is 7.49. The van der Waals surface area contributed by atoms with E-state index in [2.05, 4.69) is 19.9 Å². The van der Waals surface area contributed by atoms with E-state index >= 15 is 0 Å². The Morgan fingerprint density at radius 1 is 0.895 bits per heavy atom. The summed E-state index contributed by atoms with van der Waals surface area (Å²) in [7, 11) is 0. The summed E-state index contributed by atoms with van der Waals surface area (Å²) in [6, 6.07) is 2.46. The van der Waals surface area contributed by atoms with Crippen molar-refractivity contribution >= 4 is 0 Å². The summed E-state index contributed by atoms with van der Waals surface area (Å²) in [5, 5.41) is 8.98. The van der Waals surface area contributed by atoms with Gasteiger partial charge in [0, 0.05) is 5.92 Å². The van der Waals surface area contributed by atoms with Gasteiger partial charge < -0.3 is 0 Å². The Morgan fingerprint density at radius 3 is 1.89 bits per heavy atom. The highest BCUT2D eigenvalue weighted by Crippen LogP contribution is 2.42. The molecule has 19 heavy (non-hydrogen) atoms. The molecule has 2 rings (SSSR count). The standard InChI is InChI=1S/C18H31N/c1-14(2)3-4-15-5-9-17(10-6-15)18-11-7-16(13-19)8-12-18/h14-18H,3-12H2,1-2H3. The van der Waals surface area contributed by atoms with Gasteiger partial charge in [-0.3, -0.25) is 0 Å². The molecule has 0 atom stereocenters. The third-order valence-corrected chi connectivity index (χ3v) is 5.66. The molecule has 0 aromatic carbocycles. The molecule has 1 heteroatoms. The van der Waals surface area contributed by atoms with Crippen LogP contribution in [0.5, 0.6) is 0 Å². The van der Waals surface area contributed by atoms with Crippen LogP contribution in [0.2, 0.25) is 0 Å². The van der Waals surface area contributed by atoms with Gasteiger partial charge in [0.2, 0.25) is 0 Å². The lowest BCUT2D eigenvalue weighted by atomic mass is 9.69. The van der Waals surface area contributed by atoms with E-state index in [0.29, 0.717) is 5.92 Å². The van der Waals surface area contributed by atoms with Crippen LogP contribution in [0.25, 0.3) is 0 Å². The Morgan fingerprint density at radius 2 is 1.42 bits per heavy atom. The second-order valence-corrected chi connectivity index (χ2v) is 7.49. The predicted molar refractivity (Wildman–Crippen MR) is 80.6 cm³/mol. The predicted octanol–water partition coefficient (Wildman–Crippen LogP) is 5.56. The van der Waals surface area contributed by atoms with Crippen molar-refractivity contribution in [2.45, 2.75) is 78.1 Å². The number of hydrogen-bond acceptors (Lipinski definition) is 1. The van der Waals surface area contributed by atoms with Gasteiger partial charge in [0.15, 0.2) is 0 Å². The summed E-state index contributed by atoms with van der Waals surface area (Å²) in [5.74, 6) is 4.22. The summed E-state index contributed by atoms with van der Waals surface area (Å²) < 4.78 is 0. The molecule has 2 aliphatic carbocycles. The quantitative estimate of drug-likeness (QED) is 0.650. The average molecular weight is 261 g/mol. The van der Waals surface area contributed by atoms with E-state index in [9.17, 15) is 0 Å². The van der Waals surface area contributed by atoms with Gasteiger partial charge in [-0.05, 0) is 62.2 Å². The fraction of sp³-hybridized carbons (Fsp3) is 0.944. The summed E-state index contributed by atoms with van der Waals surface area (Å²) in [6.07, 6.45) is 13.8. The van der Waals surface area contributed by atoms with Crippen molar-refractivity contribution in [3.8, 4) is 6.07 Å². The maximum Gasteiger partial charge on any atom is 0.0655 e. The highest BCUT2D eigenvalue weighted by Gasteiger charge is 2.30. The molecule has 0 N–H and O–H groups in total. The van der Waals surface area contributed by atoms with Gasteiger partial charge in [-0.15, -0.1) is 0 Å². The molecule has 0 amide bonds. The van der Waals surface area contributed by atoms with Crippen molar-refractivity contribution in [1.82, 2.24) is 0 Å². The molecule has 0 aromatic heterocycles. The van der Waals surface area contributed by atoms with Gasteiger partial charge in [-0.1, -0.05) is 39.5 Å². The first-order valence-corrected chi connectivity index (χ1v) is 8.58. The summed E-state index contributed by atoms with van der Waals surface area (Å²) in [4.78, 5) is 0. The summed E-state index contributed by atoms with van der Waals surface area (Å²) in [6.45, 7) is 4.69. The monoisotopic (exact) mass is 261 g/mol. The van der Waals surface area contributed by atoms with Gasteiger partial charge in [-0.25, -0.2) is 0 Å². The smallest absolute Gasteiger partial charge is 0.0655 e. The summed E-state index contributed by atoms with van der Waals surface area (Å²) in [5.41, 5.74) is 0. The first-order valence-electron chi connectivity index (χ1n) is 8.58. The van der Waals surface area contributed by atoms with E-state index in [-0.39, 0.29) is 0 Å². The Labute approximate surface area is 119 Å². The van der Waals surface area contributed by atoms with E-state index in [4.69, 9.17) is 5.26 Å². The van der Waals surface area contributed by atoms with Crippen molar-refractivity contribution in [2.75, 3.05) is 0 Å². The molecule has 0 saturated heterocycles. The lowest BCUT2D eigenvalue weighted by Gasteiger charge is -2.37. The Bertz CT molecular complexity index is 285. The van der Waals surface area contributed by atoms with E-state index < -0.39 is 0 Å². The highest BCUT2D eigenvalue weighted by atomic mass is 14.4. The van der Waals surface area contributed by atoms with Gasteiger partial charge in [0.05, 0.1) is 6.07 Å². The molecule has 2 fully saturated rings. The van der Waals surface area contributed by atoms with Crippen LogP contribution in [0.3, 0.4) is 0 Å².